The molecule has 11 heteroatoms. The third-order valence-corrected chi connectivity index (χ3v) is 4.33. The Morgan fingerprint density at radius 3 is 2.44 bits per heavy atom. The summed E-state index contributed by atoms with van der Waals surface area (Å²) in [5.74, 6) is -4.48. The van der Waals surface area contributed by atoms with E-state index in [-0.39, 0.29) is 10.9 Å². The van der Waals surface area contributed by atoms with Crippen LogP contribution in [-0.2, 0) is 10.2 Å². The van der Waals surface area contributed by atoms with Crippen LogP contribution in [0.3, 0.4) is 0 Å². The predicted molar refractivity (Wildman–Crippen MR) is 82.9 cm³/mol. The fraction of sp³-hybridized carbons (Fsp3) is 0.188. The molecule has 4 N–H and O–H groups in total. The number of nitriles is 1. The van der Waals surface area contributed by atoms with E-state index in [1.54, 1.807) is 0 Å². The smallest absolute Gasteiger partial charge is 0.418 e. The van der Waals surface area contributed by atoms with Crippen LogP contribution >= 0.6 is 0 Å². The first-order valence-corrected chi connectivity index (χ1v) is 7.25. The fourth-order valence-electron chi connectivity index (χ4n) is 3.25. The zero-order chi connectivity index (χ0) is 20.3. The first-order valence-electron chi connectivity index (χ1n) is 7.25. The Balaban J connectivity index is 2.67. The van der Waals surface area contributed by atoms with Gasteiger partial charge in [-0.05, 0) is 19.1 Å². The van der Waals surface area contributed by atoms with Crippen LogP contribution < -0.4 is 10.5 Å². The van der Waals surface area contributed by atoms with Crippen LogP contribution in [-0.4, -0.2) is 33.0 Å². The number of hydrogen-bond acceptors (Lipinski definition) is 5. The van der Waals surface area contributed by atoms with Crippen molar-refractivity contribution in [2.24, 2.45) is 5.73 Å². The lowest BCUT2D eigenvalue weighted by molar-refractivity contribution is -0.197. The molecule has 2 aromatic rings. The van der Waals surface area contributed by atoms with Crippen LogP contribution in [0.25, 0.3) is 10.9 Å². The van der Waals surface area contributed by atoms with Gasteiger partial charge in [0, 0.05) is 5.39 Å². The van der Waals surface area contributed by atoms with E-state index in [2.05, 4.69) is 0 Å². The average molecular weight is 381 g/mol. The van der Waals surface area contributed by atoms with Crippen molar-refractivity contribution in [2.45, 2.75) is 18.5 Å². The topological polar surface area (TPSA) is 139 Å². The summed E-state index contributed by atoms with van der Waals surface area (Å²) in [6, 6.07) is 5.00. The Bertz CT molecular complexity index is 1090. The molecule has 2 heterocycles. The molecule has 1 atom stereocenters. The Labute approximate surface area is 148 Å². The maximum atomic E-state index is 14.1. The summed E-state index contributed by atoms with van der Waals surface area (Å²) in [5.41, 5.74) is -0.658. The van der Waals surface area contributed by atoms with Gasteiger partial charge in [-0.2, -0.15) is 18.4 Å². The molecule has 1 aromatic carbocycles. The minimum absolute atomic E-state index is 0.236. The number of fused-ring (bicyclic) bond motifs is 3. The van der Waals surface area contributed by atoms with Crippen LogP contribution in [0.15, 0.2) is 29.7 Å². The standard InChI is InChI=1S/C16H10F3N3O5/c1-6-2-3-9-7(4-6)10-12(22(9)14(25)26)27-11(21)8(5-20)15(10,13(23)24)16(17,18)19/h2-4H,21H2,1H3,(H,23,24)(H,25,26). The number of hydrogen-bond donors (Lipinski definition) is 3. The van der Waals surface area contributed by atoms with Gasteiger partial charge < -0.3 is 20.7 Å². The molecular formula is C16H10F3N3O5. The highest BCUT2D eigenvalue weighted by Crippen LogP contribution is 2.55. The summed E-state index contributed by atoms with van der Waals surface area (Å²) in [4.78, 5) is 23.6. The molecule has 0 saturated carbocycles. The van der Waals surface area contributed by atoms with E-state index in [0.29, 0.717) is 10.1 Å². The quantitative estimate of drug-likeness (QED) is 0.689. The number of ether oxygens (including phenoxy) is 1. The van der Waals surface area contributed by atoms with Crippen molar-refractivity contribution >= 4 is 23.0 Å². The number of benzene rings is 1. The molecule has 0 bridgehead atoms. The Morgan fingerprint density at radius 2 is 1.96 bits per heavy atom. The highest BCUT2D eigenvalue weighted by molar-refractivity contribution is 6.03. The summed E-state index contributed by atoms with van der Waals surface area (Å²) in [6.07, 6.45) is -7.23. The summed E-state index contributed by atoms with van der Waals surface area (Å²) < 4.78 is 47.8. The van der Waals surface area contributed by atoms with Gasteiger partial charge in [-0.15, -0.1) is 0 Å². The van der Waals surface area contributed by atoms with Gasteiger partial charge in [-0.25, -0.2) is 9.36 Å². The predicted octanol–water partition coefficient (Wildman–Crippen LogP) is 2.45. The first-order chi connectivity index (χ1) is 12.5. The number of carboxylic acid groups (broad SMARTS) is 2. The number of halogens is 3. The van der Waals surface area contributed by atoms with Crippen LogP contribution in [0.5, 0.6) is 5.88 Å². The molecule has 1 aromatic heterocycles. The van der Waals surface area contributed by atoms with Crippen LogP contribution in [0.1, 0.15) is 11.1 Å². The van der Waals surface area contributed by atoms with Crippen LogP contribution in [0.4, 0.5) is 18.0 Å². The zero-order valence-corrected chi connectivity index (χ0v) is 13.5. The number of carbonyl (C=O) groups is 2. The van der Waals surface area contributed by atoms with Gasteiger partial charge in [-0.3, -0.25) is 4.79 Å². The van der Waals surface area contributed by atoms with E-state index in [1.165, 1.54) is 25.1 Å². The lowest BCUT2D eigenvalue weighted by Gasteiger charge is -2.35. The molecule has 0 radical (unpaired) electrons. The molecule has 1 aliphatic heterocycles. The van der Waals surface area contributed by atoms with E-state index in [1.807, 2.05) is 0 Å². The average Bonchev–Trinajstić information content (AvgIpc) is 2.85. The van der Waals surface area contributed by atoms with E-state index in [9.17, 15) is 38.2 Å². The Kier molecular flexibility index (Phi) is 3.63. The van der Waals surface area contributed by atoms with Gasteiger partial charge in [-0.1, -0.05) is 11.6 Å². The van der Waals surface area contributed by atoms with Gasteiger partial charge in [0.2, 0.25) is 17.2 Å². The summed E-state index contributed by atoms with van der Waals surface area (Å²) in [6.45, 7) is 1.53. The molecule has 0 aliphatic carbocycles. The molecule has 140 valence electrons. The number of aryl methyl sites for hydroxylation is 1. The summed E-state index contributed by atoms with van der Waals surface area (Å²) in [7, 11) is 0. The van der Waals surface area contributed by atoms with Crippen molar-refractivity contribution in [3.8, 4) is 11.9 Å². The molecule has 8 nitrogen and oxygen atoms in total. The van der Waals surface area contributed by atoms with Crippen molar-refractivity contribution in [1.82, 2.24) is 4.57 Å². The summed E-state index contributed by atoms with van der Waals surface area (Å²) >= 11 is 0. The Hall–Kier alpha value is -3.68. The lowest BCUT2D eigenvalue weighted by Crippen LogP contribution is -2.53. The van der Waals surface area contributed by atoms with Gasteiger partial charge in [0.1, 0.15) is 11.6 Å². The molecule has 27 heavy (non-hydrogen) atoms. The van der Waals surface area contributed by atoms with Crippen molar-refractivity contribution in [3.63, 3.8) is 0 Å². The number of carboxylic acids is 1. The van der Waals surface area contributed by atoms with Crippen molar-refractivity contribution in [1.29, 1.82) is 5.26 Å². The molecule has 0 spiro atoms. The van der Waals surface area contributed by atoms with Crippen LogP contribution in [0.2, 0.25) is 0 Å². The van der Waals surface area contributed by atoms with Crippen molar-refractivity contribution in [2.75, 3.05) is 0 Å². The second-order valence-corrected chi connectivity index (χ2v) is 5.82. The van der Waals surface area contributed by atoms with Crippen molar-refractivity contribution in [3.05, 3.63) is 40.8 Å². The fourth-order valence-corrected chi connectivity index (χ4v) is 3.25. The van der Waals surface area contributed by atoms with E-state index >= 15 is 0 Å². The molecule has 1 unspecified atom stereocenters. The number of alkyl halides is 3. The Morgan fingerprint density at radius 1 is 1.33 bits per heavy atom. The minimum atomic E-state index is -5.52. The largest absolute Gasteiger partial charge is 0.480 e. The first kappa shape index (κ1) is 18.1. The third-order valence-electron chi connectivity index (χ3n) is 4.33. The number of nitrogens with two attached hydrogens (primary N) is 1. The number of aromatic nitrogens is 1. The zero-order valence-electron chi connectivity index (χ0n) is 13.5. The van der Waals surface area contributed by atoms with Gasteiger partial charge in [0.25, 0.3) is 0 Å². The van der Waals surface area contributed by atoms with E-state index in [4.69, 9.17) is 10.5 Å². The number of aliphatic carboxylic acids is 1. The molecule has 0 fully saturated rings. The third kappa shape index (κ3) is 2.10. The highest BCUT2D eigenvalue weighted by Gasteiger charge is 2.70. The van der Waals surface area contributed by atoms with Gasteiger partial charge in [0.05, 0.1) is 11.1 Å². The maximum absolute atomic E-state index is 14.1. The molecular weight excluding hydrogens is 371 g/mol. The van der Waals surface area contributed by atoms with E-state index in [0.717, 1.165) is 6.07 Å². The second kappa shape index (κ2) is 5.41. The van der Waals surface area contributed by atoms with E-state index < -0.39 is 46.6 Å². The number of nitrogens with zero attached hydrogens (tertiary/aromatic N) is 2. The maximum Gasteiger partial charge on any atom is 0.418 e. The second-order valence-electron chi connectivity index (χ2n) is 5.82. The monoisotopic (exact) mass is 381 g/mol. The van der Waals surface area contributed by atoms with Crippen molar-refractivity contribution < 1.29 is 37.7 Å². The van der Waals surface area contributed by atoms with Gasteiger partial charge >= 0.3 is 18.2 Å². The SMILES string of the molecule is Cc1ccc2c(c1)c1c(n2C(=O)O)OC(N)=C(C#N)C1(C(=O)O)C(F)(F)F. The normalized spacial score (nSPS) is 19.4. The number of rotatable bonds is 1. The molecule has 3 rings (SSSR count). The lowest BCUT2D eigenvalue weighted by atomic mass is 9.72. The molecule has 0 saturated heterocycles. The summed E-state index contributed by atoms with van der Waals surface area (Å²) in [5, 5.41) is 27.9. The molecule has 0 amide bonds. The minimum Gasteiger partial charge on any atom is -0.480 e. The molecule has 1 aliphatic rings. The van der Waals surface area contributed by atoms with Crippen LogP contribution in [0, 0.1) is 18.3 Å². The highest BCUT2D eigenvalue weighted by atomic mass is 19.4. The van der Waals surface area contributed by atoms with Gasteiger partial charge in [0.15, 0.2) is 0 Å².